The van der Waals surface area contributed by atoms with Crippen LogP contribution >= 0.6 is 15.9 Å². The van der Waals surface area contributed by atoms with E-state index >= 15 is 0 Å². The van der Waals surface area contributed by atoms with Gasteiger partial charge < -0.3 is 9.73 Å². The maximum absolute atomic E-state index is 12.1. The molecule has 2 heterocycles. The van der Waals surface area contributed by atoms with Crippen molar-refractivity contribution in [3.8, 4) is 0 Å². The molecule has 5 nitrogen and oxygen atoms in total. The van der Waals surface area contributed by atoms with Crippen LogP contribution in [0.2, 0.25) is 0 Å². The third-order valence-corrected chi connectivity index (χ3v) is 3.75. The molecule has 1 N–H and O–H groups in total. The quantitative estimate of drug-likeness (QED) is 0.905. The first-order valence-electron chi connectivity index (χ1n) is 6.61. The molecular weight excluding hydrogens is 322 g/mol. The second-order valence-electron chi connectivity index (χ2n) is 4.71. The highest BCUT2D eigenvalue weighted by Gasteiger charge is 2.14. The molecule has 0 radical (unpaired) electrons. The molecule has 0 saturated heterocycles. The van der Waals surface area contributed by atoms with E-state index in [1.165, 1.54) is 4.68 Å². The Bertz CT molecular complexity index is 648. The van der Waals surface area contributed by atoms with Gasteiger partial charge in [0.25, 0.3) is 5.56 Å². The number of nitrogens with zero attached hydrogens (tertiary/aromatic N) is 2. The molecule has 2 aromatic rings. The van der Waals surface area contributed by atoms with Crippen LogP contribution in [-0.2, 0) is 6.54 Å². The van der Waals surface area contributed by atoms with Crippen LogP contribution in [0, 0.1) is 6.92 Å². The lowest BCUT2D eigenvalue weighted by atomic mass is 10.2. The third kappa shape index (κ3) is 3.12. The number of anilines is 1. The van der Waals surface area contributed by atoms with Gasteiger partial charge in [-0.2, -0.15) is 5.10 Å². The summed E-state index contributed by atoms with van der Waals surface area (Å²) in [7, 11) is 0. The Labute approximate surface area is 126 Å². The summed E-state index contributed by atoms with van der Waals surface area (Å²) in [5.41, 5.74) is 0.545. The van der Waals surface area contributed by atoms with Gasteiger partial charge in [0.15, 0.2) is 0 Å². The lowest BCUT2D eigenvalue weighted by Crippen LogP contribution is -2.24. The van der Waals surface area contributed by atoms with Gasteiger partial charge in [-0.15, -0.1) is 0 Å². The number of halogens is 1. The molecule has 1 atom stereocenters. The van der Waals surface area contributed by atoms with E-state index in [1.807, 2.05) is 32.9 Å². The van der Waals surface area contributed by atoms with E-state index in [9.17, 15) is 4.79 Å². The van der Waals surface area contributed by atoms with Gasteiger partial charge in [0, 0.05) is 6.54 Å². The van der Waals surface area contributed by atoms with Crippen LogP contribution in [0.25, 0.3) is 0 Å². The molecule has 108 valence electrons. The van der Waals surface area contributed by atoms with Crippen LogP contribution in [0.5, 0.6) is 0 Å². The van der Waals surface area contributed by atoms with Crippen molar-refractivity contribution >= 4 is 21.6 Å². The highest BCUT2D eigenvalue weighted by molar-refractivity contribution is 9.10. The standard InChI is InChI=1S/C14H18BrN3O2/c1-4-7-18-14(19)13(15)11(8-16-18)17-10(3)12-6-5-9(2)20-12/h5-6,8,10,17H,4,7H2,1-3H3. The van der Waals surface area contributed by atoms with Crippen molar-refractivity contribution in [2.24, 2.45) is 0 Å². The highest BCUT2D eigenvalue weighted by Crippen LogP contribution is 2.24. The first-order valence-corrected chi connectivity index (χ1v) is 7.40. The fraction of sp³-hybridized carbons (Fsp3) is 0.429. The SMILES string of the molecule is CCCn1ncc(NC(C)c2ccc(C)o2)c(Br)c1=O. The van der Waals surface area contributed by atoms with Crippen LogP contribution < -0.4 is 10.9 Å². The van der Waals surface area contributed by atoms with Gasteiger partial charge in [-0.25, -0.2) is 4.68 Å². The molecule has 0 aliphatic heterocycles. The van der Waals surface area contributed by atoms with E-state index in [2.05, 4.69) is 26.3 Å². The van der Waals surface area contributed by atoms with Crippen molar-refractivity contribution in [1.29, 1.82) is 0 Å². The molecule has 0 aliphatic rings. The molecule has 0 spiro atoms. The molecule has 6 heteroatoms. The van der Waals surface area contributed by atoms with Crippen molar-refractivity contribution in [2.45, 2.75) is 39.8 Å². The minimum Gasteiger partial charge on any atom is -0.464 e. The summed E-state index contributed by atoms with van der Waals surface area (Å²) in [4.78, 5) is 12.1. The molecule has 0 amide bonds. The van der Waals surface area contributed by atoms with Crippen LogP contribution in [0.15, 0.2) is 32.0 Å². The minimum atomic E-state index is -0.125. The molecule has 2 aromatic heterocycles. The molecule has 0 bridgehead atoms. The van der Waals surface area contributed by atoms with Gasteiger partial charge in [0.05, 0.1) is 17.9 Å². The zero-order valence-electron chi connectivity index (χ0n) is 11.8. The summed E-state index contributed by atoms with van der Waals surface area (Å²) in [6, 6.07) is 3.80. The smallest absolute Gasteiger partial charge is 0.283 e. The van der Waals surface area contributed by atoms with Crippen molar-refractivity contribution in [2.75, 3.05) is 5.32 Å². The number of aromatic nitrogens is 2. The van der Waals surface area contributed by atoms with Crippen LogP contribution in [0.3, 0.4) is 0 Å². The maximum Gasteiger partial charge on any atom is 0.283 e. The highest BCUT2D eigenvalue weighted by atomic mass is 79.9. The second kappa shape index (κ2) is 6.26. The number of rotatable bonds is 5. The van der Waals surface area contributed by atoms with Gasteiger partial charge in [-0.1, -0.05) is 6.92 Å². The van der Waals surface area contributed by atoms with Crippen molar-refractivity contribution in [3.63, 3.8) is 0 Å². The van der Waals surface area contributed by atoms with Crippen LogP contribution in [0.4, 0.5) is 5.69 Å². The lowest BCUT2D eigenvalue weighted by molar-refractivity contribution is 0.466. The van der Waals surface area contributed by atoms with Gasteiger partial charge in [0.1, 0.15) is 16.0 Å². The summed E-state index contributed by atoms with van der Waals surface area (Å²) in [6.45, 7) is 6.50. The number of aryl methyl sites for hydroxylation is 2. The largest absolute Gasteiger partial charge is 0.464 e. The fourth-order valence-electron chi connectivity index (χ4n) is 1.93. The maximum atomic E-state index is 12.1. The van der Waals surface area contributed by atoms with Crippen LogP contribution in [0.1, 0.15) is 37.8 Å². The topological polar surface area (TPSA) is 60.1 Å². The van der Waals surface area contributed by atoms with Gasteiger partial charge in [0.2, 0.25) is 0 Å². The normalized spacial score (nSPS) is 12.4. The van der Waals surface area contributed by atoms with E-state index in [1.54, 1.807) is 6.20 Å². The summed E-state index contributed by atoms with van der Waals surface area (Å²) in [6.07, 6.45) is 2.53. The van der Waals surface area contributed by atoms with E-state index in [0.29, 0.717) is 16.7 Å². The Hall–Kier alpha value is -1.56. The zero-order chi connectivity index (χ0) is 14.7. The lowest BCUT2D eigenvalue weighted by Gasteiger charge is -2.14. The minimum absolute atomic E-state index is 0.0387. The van der Waals surface area contributed by atoms with Gasteiger partial charge in [-0.05, 0) is 48.3 Å². The summed E-state index contributed by atoms with van der Waals surface area (Å²) < 4.78 is 7.52. The molecule has 0 aliphatic carbocycles. The first-order chi connectivity index (χ1) is 9.52. The zero-order valence-corrected chi connectivity index (χ0v) is 13.4. The number of nitrogens with one attached hydrogen (secondary N) is 1. The fourth-order valence-corrected chi connectivity index (χ4v) is 2.35. The van der Waals surface area contributed by atoms with Crippen molar-refractivity contribution in [1.82, 2.24) is 9.78 Å². The number of furan rings is 1. The Morgan fingerprint density at radius 1 is 1.50 bits per heavy atom. The third-order valence-electron chi connectivity index (χ3n) is 2.98. The average molecular weight is 340 g/mol. The van der Waals surface area contributed by atoms with Crippen LogP contribution in [-0.4, -0.2) is 9.78 Å². The molecule has 2 rings (SSSR count). The van der Waals surface area contributed by atoms with Crippen molar-refractivity contribution < 1.29 is 4.42 Å². The molecule has 1 unspecified atom stereocenters. The van der Waals surface area contributed by atoms with E-state index in [4.69, 9.17) is 4.42 Å². The number of hydrogen-bond acceptors (Lipinski definition) is 4. The molecule has 0 saturated carbocycles. The predicted octanol–water partition coefficient (Wildman–Crippen LogP) is 3.49. The predicted molar refractivity (Wildman–Crippen MR) is 82.0 cm³/mol. The van der Waals surface area contributed by atoms with Gasteiger partial charge >= 0.3 is 0 Å². The number of hydrogen-bond donors (Lipinski definition) is 1. The van der Waals surface area contributed by atoms with Crippen molar-refractivity contribution in [3.05, 3.63) is 44.7 Å². The Kier molecular flexibility index (Phi) is 4.65. The van der Waals surface area contributed by atoms with E-state index in [0.717, 1.165) is 17.9 Å². The molecule has 0 fully saturated rings. The molecule has 0 aromatic carbocycles. The molecular formula is C14H18BrN3O2. The summed E-state index contributed by atoms with van der Waals surface area (Å²) in [5, 5.41) is 7.40. The Morgan fingerprint density at radius 2 is 2.25 bits per heavy atom. The van der Waals surface area contributed by atoms with E-state index in [-0.39, 0.29) is 11.6 Å². The summed E-state index contributed by atoms with van der Waals surface area (Å²) >= 11 is 3.34. The van der Waals surface area contributed by atoms with E-state index < -0.39 is 0 Å². The first kappa shape index (κ1) is 14.8. The summed E-state index contributed by atoms with van der Waals surface area (Å²) in [5.74, 6) is 1.69. The monoisotopic (exact) mass is 339 g/mol. The average Bonchev–Trinajstić information content (AvgIpc) is 2.85. The Balaban J connectivity index is 2.22. The van der Waals surface area contributed by atoms with Gasteiger partial charge in [-0.3, -0.25) is 4.79 Å². The second-order valence-corrected chi connectivity index (χ2v) is 5.51. The Morgan fingerprint density at radius 3 is 2.85 bits per heavy atom. The molecule has 20 heavy (non-hydrogen) atoms.